The highest BCUT2D eigenvalue weighted by Crippen LogP contribution is 2.24. The molecule has 8 nitrogen and oxygen atoms in total. The number of hydrogen-bond donors (Lipinski definition) is 3. The van der Waals surface area contributed by atoms with E-state index in [1.54, 1.807) is 6.92 Å². The van der Waals surface area contributed by atoms with Crippen LogP contribution < -0.4 is 21.1 Å². The van der Waals surface area contributed by atoms with E-state index in [1.807, 2.05) is 0 Å². The quantitative estimate of drug-likeness (QED) is 0.541. The number of carbonyl (C=O) groups excluding carboxylic acids is 2. The average molecular weight is 437 g/mol. The van der Waals surface area contributed by atoms with Gasteiger partial charge in [-0.3, -0.25) is 9.59 Å². The molecule has 0 spiro atoms. The molecule has 0 fully saturated rings. The van der Waals surface area contributed by atoms with E-state index < -0.39 is 24.2 Å². The molecule has 0 unspecified atom stereocenters. The number of halogens is 3. The molecule has 4 N–H and O–H groups in total. The number of aryl methyl sites for hydroxylation is 1. The Labute approximate surface area is 171 Å². The average Bonchev–Trinajstić information content (AvgIpc) is 3.11. The Kier molecular flexibility index (Phi) is 6.16. The van der Waals surface area contributed by atoms with E-state index >= 15 is 0 Å². The number of benzene rings is 1. The molecule has 12 heteroatoms. The summed E-state index contributed by atoms with van der Waals surface area (Å²) >= 11 is 0.977. The van der Waals surface area contributed by atoms with Crippen LogP contribution in [0.2, 0.25) is 0 Å². The molecule has 2 amide bonds. The summed E-state index contributed by atoms with van der Waals surface area (Å²) < 4.78 is 42.8. The molecular formula is C18H14F3N5O3S. The van der Waals surface area contributed by atoms with Gasteiger partial charge in [0.25, 0.3) is 11.8 Å². The van der Waals surface area contributed by atoms with Gasteiger partial charge in [0.2, 0.25) is 0 Å². The standard InChI is InChI=1S/C18H14F3N5O3S/c1-8-4-11(19)10(5-12(8)25-16(28)13-7-24-18(22)30-13)15(27)26-14-3-2-9(6-23-14)29-17(20)21/h2-7,17H,1H3,(H2,22,24)(H,25,28)(H,23,26,27). The second-order valence-electron chi connectivity index (χ2n) is 5.88. The summed E-state index contributed by atoms with van der Waals surface area (Å²) in [6.07, 6.45) is 2.29. The number of aromatic nitrogens is 2. The monoisotopic (exact) mass is 437 g/mol. The normalized spacial score (nSPS) is 10.7. The van der Waals surface area contributed by atoms with Gasteiger partial charge in [0.15, 0.2) is 5.13 Å². The molecule has 0 saturated heterocycles. The Bertz CT molecular complexity index is 1090. The van der Waals surface area contributed by atoms with Crippen molar-refractivity contribution in [3.8, 4) is 5.75 Å². The van der Waals surface area contributed by atoms with Gasteiger partial charge in [-0.05, 0) is 36.8 Å². The zero-order chi connectivity index (χ0) is 21.8. The molecule has 3 aromatic rings. The van der Waals surface area contributed by atoms with E-state index in [-0.39, 0.29) is 32.8 Å². The summed E-state index contributed by atoms with van der Waals surface area (Å²) in [5.74, 6) is -2.38. The second kappa shape index (κ2) is 8.78. The van der Waals surface area contributed by atoms with Crippen molar-refractivity contribution in [1.29, 1.82) is 0 Å². The van der Waals surface area contributed by atoms with Gasteiger partial charge in [-0.15, -0.1) is 0 Å². The first-order chi connectivity index (χ1) is 14.2. The van der Waals surface area contributed by atoms with Crippen molar-refractivity contribution in [2.45, 2.75) is 13.5 Å². The lowest BCUT2D eigenvalue weighted by Crippen LogP contribution is -2.17. The first kappa shape index (κ1) is 21.0. The fourth-order valence-electron chi connectivity index (χ4n) is 2.37. The van der Waals surface area contributed by atoms with E-state index in [0.717, 1.165) is 23.6 Å². The Morgan fingerprint density at radius 2 is 1.90 bits per heavy atom. The fourth-order valence-corrected chi connectivity index (χ4v) is 2.95. The molecular weight excluding hydrogens is 423 g/mol. The maximum Gasteiger partial charge on any atom is 0.387 e. The molecule has 0 aliphatic carbocycles. The van der Waals surface area contributed by atoms with Gasteiger partial charge in [-0.2, -0.15) is 8.78 Å². The van der Waals surface area contributed by atoms with Crippen LogP contribution in [-0.2, 0) is 0 Å². The molecule has 0 atom stereocenters. The summed E-state index contributed by atoms with van der Waals surface area (Å²) in [4.78, 5) is 32.5. The van der Waals surface area contributed by atoms with Crippen molar-refractivity contribution in [3.63, 3.8) is 0 Å². The zero-order valence-corrected chi connectivity index (χ0v) is 16.1. The Morgan fingerprint density at radius 3 is 2.50 bits per heavy atom. The number of nitrogens with two attached hydrogens (primary N) is 1. The Hall–Kier alpha value is -3.67. The maximum absolute atomic E-state index is 14.3. The predicted molar refractivity (Wildman–Crippen MR) is 104 cm³/mol. The van der Waals surface area contributed by atoms with Gasteiger partial charge in [0, 0.05) is 5.69 Å². The van der Waals surface area contributed by atoms with Gasteiger partial charge in [-0.1, -0.05) is 11.3 Å². The van der Waals surface area contributed by atoms with E-state index in [2.05, 4.69) is 25.3 Å². The summed E-state index contributed by atoms with van der Waals surface area (Å²) in [7, 11) is 0. The number of hydrogen-bond acceptors (Lipinski definition) is 7. The summed E-state index contributed by atoms with van der Waals surface area (Å²) in [6, 6.07) is 4.67. The zero-order valence-electron chi connectivity index (χ0n) is 15.3. The van der Waals surface area contributed by atoms with Crippen molar-refractivity contribution in [1.82, 2.24) is 9.97 Å². The van der Waals surface area contributed by atoms with Crippen molar-refractivity contribution in [3.05, 3.63) is 58.5 Å². The van der Waals surface area contributed by atoms with Crippen molar-refractivity contribution >= 4 is 39.8 Å². The van der Waals surface area contributed by atoms with Gasteiger partial charge < -0.3 is 21.1 Å². The van der Waals surface area contributed by atoms with E-state index in [9.17, 15) is 22.8 Å². The third-order valence-electron chi connectivity index (χ3n) is 3.76. The lowest BCUT2D eigenvalue weighted by atomic mass is 10.1. The molecule has 1 aromatic carbocycles. The molecule has 0 aliphatic rings. The van der Waals surface area contributed by atoms with E-state index in [0.29, 0.717) is 5.56 Å². The van der Waals surface area contributed by atoms with Crippen LogP contribution in [0.15, 0.2) is 36.7 Å². The molecule has 3 rings (SSSR count). The molecule has 0 radical (unpaired) electrons. The number of nitrogens with one attached hydrogen (secondary N) is 2. The number of rotatable bonds is 6. The Morgan fingerprint density at radius 1 is 1.13 bits per heavy atom. The minimum atomic E-state index is -3.01. The van der Waals surface area contributed by atoms with Crippen LogP contribution in [-0.4, -0.2) is 28.4 Å². The van der Waals surface area contributed by atoms with Gasteiger partial charge in [0.1, 0.15) is 22.3 Å². The maximum atomic E-state index is 14.3. The van der Waals surface area contributed by atoms with Crippen LogP contribution in [0.3, 0.4) is 0 Å². The number of pyridine rings is 1. The van der Waals surface area contributed by atoms with Crippen molar-refractivity contribution in [2.75, 3.05) is 16.4 Å². The number of nitrogen functional groups attached to an aromatic ring is 1. The number of carbonyl (C=O) groups is 2. The van der Waals surface area contributed by atoms with Crippen LogP contribution in [0.5, 0.6) is 5.75 Å². The SMILES string of the molecule is Cc1cc(F)c(C(=O)Nc2ccc(OC(F)F)cn2)cc1NC(=O)c1cnc(N)s1. The highest BCUT2D eigenvalue weighted by molar-refractivity contribution is 7.17. The molecule has 0 saturated carbocycles. The number of anilines is 3. The highest BCUT2D eigenvalue weighted by Gasteiger charge is 2.18. The van der Waals surface area contributed by atoms with E-state index in [1.165, 1.54) is 24.4 Å². The van der Waals surface area contributed by atoms with Gasteiger partial charge in [-0.25, -0.2) is 14.4 Å². The van der Waals surface area contributed by atoms with Crippen LogP contribution in [0.4, 0.5) is 29.8 Å². The smallest absolute Gasteiger partial charge is 0.387 e. The van der Waals surface area contributed by atoms with E-state index in [4.69, 9.17) is 5.73 Å². The third kappa shape index (κ3) is 5.03. The highest BCUT2D eigenvalue weighted by atomic mass is 32.1. The van der Waals surface area contributed by atoms with Crippen LogP contribution in [0.25, 0.3) is 0 Å². The second-order valence-corrected chi connectivity index (χ2v) is 6.94. The van der Waals surface area contributed by atoms with Crippen LogP contribution >= 0.6 is 11.3 Å². The summed E-state index contributed by atoms with van der Waals surface area (Å²) in [5.41, 5.74) is 5.76. The van der Waals surface area contributed by atoms with Crippen molar-refractivity contribution in [2.24, 2.45) is 0 Å². The number of amides is 2. The minimum Gasteiger partial charge on any atom is -0.433 e. The fraction of sp³-hybridized carbons (Fsp3) is 0.111. The number of nitrogens with zero attached hydrogens (tertiary/aromatic N) is 2. The van der Waals surface area contributed by atoms with Gasteiger partial charge in [0.05, 0.1) is 18.0 Å². The molecule has 2 heterocycles. The molecule has 156 valence electrons. The largest absolute Gasteiger partial charge is 0.433 e. The van der Waals surface area contributed by atoms with Crippen molar-refractivity contribution < 1.29 is 27.5 Å². The molecule has 0 bridgehead atoms. The number of thiazole rings is 1. The summed E-state index contributed by atoms with van der Waals surface area (Å²) in [6.45, 7) is -1.45. The summed E-state index contributed by atoms with van der Waals surface area (Å²) in [5, 5.41) is 5.14. The van der Waals surface area contributed by atoms with Crippen LogP contribution in [0.1, 0.15) is 25.6 Å². The number of ether oxygens (including phenoxy) is 1. The van der Waals surface area contributed by atoms with Gasteiger partial charge >= 0.3 is 6.61 Å². The first-order valence-electron chi connectivity index (χ1n) is 8.28. The Balaban J connectivity index is 1.77. The van der Waals surface area contributed by atoms with Crippen LogP contribution in [0, 0.1) is 12.7 Å². The molecule has 0 aliphatic heterocycles. The lowest BCUT2D eigenvalue weighted by molar-refractivity contribution is -0.0500. The third-order valence-corrected chi connectivity index (χ3v) is 4.58. The predicted octanol–water partition coefficient (Wildman–Crippen LogP) is 3.67. The topological polar surface area (TPSA) is 119 Å². The minimum absolute atomic E-state index is 0.00712. The lowest BCUT2D eigenvalue weighted by Gasteiger charge is -2.12. The first-order valence-corrected chi connectivity index (χ1v) is 9.09. The number of alkyl halides is 2. The molecule has 2 aromatic heterocycles. The molecule has 30 heavy (non-hydrogen) atoms.